The van der Waals surface area contributed by atoms with Crippen LogP contribution in [0.2, 0.25) is 0 Å². The molecule has 0 aliphatic carbocycles. The molecule has 2 rings (SSSR count). The molecule has 0 aromatic heterocycles. The molecule has 116 valence electrons. The van der Waals surface area contributed by atoms with Crippen molar-refractivity contribution in [1.29, 1.82) is 0 Å². The minimum absolute atomic E-state index is 0.169. The van der Waals surface area contributed by atoms with Crippen molar-refractivity contribution in [3.05, 3.63) is 35.4 Å². The average molecular weight is 289 g/mol. The number of nitrogens with two attached hydrogens (primary N) is 1. The largest absolute Gasteiger partial charge is 0.339 e. The van der Waals surface area contributed by atoms with Crippen LogP contribution in [0.15, 0.2) is 24.3 Å². The Morgan fingerprint density at radius 3 is 2.57 bits per heavy atom. The molecular weight excluding hydrogens is 262 g/mol. The fourth-order valence-corrected chi connectivity index (χ4v) is 3.11. The van der Waals surface area contributed by atoms with Crippen LogP contribution in [0, 0.1) is 5.92 Å². The van der Waals surface area contributed by atoms with Crippen molar-refractivity contribution in [3.63, 3.8) is 0 Å². The van der Waals surface area contributed by atoms with Gasteiger partial charge in [0.05, 0.1) is 0 Å². The number of likely N-dealkylation sites (tertiary alicyclic amines) is 1. The van der Waals surface area contributed by atoms with Crippen LogP contribution in [0.1, 0.15) is 28.8 Å². The molecule has 0 bridgehead atoms. The Hall–Kier alpha value is -1.39. The summed E-state index contributed by atoms with van der Waals surface area (Å²) in [5.41, 5.74) is 7.54. The van der Waals surface area contributed by atoms with Gasteiger partial charge in [-0.1, -0.05) is 18.2 Å². The van der Waals surface area contributed by atoms with Gasteiger partial charge < -0.3 is 15.5 Å². The molecule has 0 unspecified atom stereocenters. The molecule has 1 aliphatic rings. The van der Waals surface area contributed by atoms with E-state index in [9.17, 15) is 4.79 Å². The van der Waals surface area contributed by atoms with Crippen molar-refractivity contribution < 1.29 is 4.79 Å². The number of carbonyl (C=O) groups excluding carboxylic acids is 1. The van der Waals surface area contributed by atoms with Gasteiger partial charge in [0, 0.05) is 25.2 Å². The van der Waals surface area contributed by atoms with E-state index in [0.29, 0.717) is 12.5 Å². The van der Waals surface area contributed by atoms with Crippen molar-refractivity contribution in [2.75, 3.05) is 40.3 Å². The van der Waals surface area contributed by atoms with Gasteiger partial charge in [-0.3, -0.25) is 4.79 Å². The highest BCUT2D eigenvalue weighted by Gasteiger charge is 2.24. The fraction of sp³-hybridized carbons (Fsp3) is 0.588. The third-order valence-corrected chi connectivity index (χ3v) is 4.19. The Labute approximate surface area is 127 Å². The van der Waals surface area contributed by atoms with Crippen LogP contribution in [0.3, 0.4) is 0 Å². The molecule has 1 aromatic carbocycles. The smallest absolute Gasteiger partial charge is 0.254 e. The average Bonchev–Trinajstić information content (AvgIpc) is 2.48. The zero-order chi connectivity index (χ0) is 15.2. The van der Waals surface area contributed by atoms with Crippen molar-refractivity contribution in [1.82, 2.24) is 9.80 Å². The van der Waals surface area contributed by atoms with Gasteiger partial charge in [0.25, 0.3) is 5.91 Å². The van der Waals surface area contributed by atoms with Crippen molar-refractivity contribution >= 4 is 5.91 Å². The number of amides is 1. The number of carbonyl (C=O) groups is 1. The molecule has 2 N–H and O–H groups in total. The molecule has 4 heteroatoms. The highest BCUT2D eigenvalue weighted by atomic mass is 16.2. The summed E-state index contributed by atoms with van der Waals surface area (Å²) in [5, 5.41) is 0. The summed E-state index contributed by atoms with van der Waals surface area (Å²) in [6.45, 7) is 3.43. The van der Waals surface area contributed by atoms with Crippen LogP contribution in [0.4, 0.5) is 0 Å². The van der Waals surface area contributed by atoms with E-state index in [2.05, 4.69) is 19.0 Å². The second-order valence-electron chi connectivity index (χ2n) is 6.19. The number of nitrogens with zero attached hydrogens (tertiary/aromatic N) is 2. The molecule has 1 amide bonds. The molecular formula is C17H27N3O. The maximum atomic E-state index is 12.7. The quantitative estimate of drug-likeness (QED) is 0.896. The van der Waals surface area contributed by atoms with Crippen LogP contribution < -0.4 is 5.73 Å². The molecule has 1 heterocycles. The van der Waals surface area contributed by atoms with E-state index >= 15 is 0 Å². The minimum atomic E-state index is 0.169. The predicted octanol–water partition coefficient (Wildman–Crippen LogP) is 1.60. The van der Waals surface area contributed by atoms with Crippen LogP contribution >= 0.6 is 0 Å². The lowest BCUT2D eigenvalue weighted by molar-refractivity contribution is 0.0677. The summed E-state index contributed by atoms with van der Waals surface area (Å²) in [7, 11) is 4.22. The van der Waals surface area contributed by atoms with E-state index in [1.54, 1.807) is 0 Å². The van der Waals surface area contributed by atoms with E-state index in [1.807, 2.05) is 29.2 Å². The van der Waals surface area contributed by atoms with Gasteiger partial charge in [0.1, 0.15) is 0 Å². The van der Waals surface area contributed by atoms with Crippen LogP contribution in [-0.4, -0.2) is 56.0 Å². The number of rotatable bonds is 5. The molecule has 0 atom stereocenters. The zero-order valence-electron chi connectivity index (χ0n) is 13.2. The topological polar surface area (TPSA) is 49.6 Å². The lowest BCUT2D eigenvalue weighted by Gasteiger charge is -2.33. The summed E-state index contributed by atoms with van der Waals surface area (Å²) in [4.78, 5) is 16.9. The lowest BCUT2D eigenvalue weighted by Crippen LogP contribution is -2.41. The molecule has 21 heavy (non-hydrogen) atoms. The zero-order valence-corrected chi connectivity index (χ0v) is 13.2. The van der Waals surface area contributed by atoms with E-state index < -0.39 is 0 Å². The summed E-state index contributed by atoms with van der Waals surface area (Å²) < 4.78 is 0. The van der Waals surface area contributed by atoms with Gasteiger partial charge in [-0.15, -0.1) is 0 Å². The van der Waals surface area contributed by atoms with Crippen LogP contribution in [0.25, 0.3) is 0 Å². The predicted molar refractivity (Wildman–Crippen MR) is 86.4 cm³/mol. The monoisotopic (exact) mass is 289 g/mol. The Morgan fingerprint density at radius 2 is 1.95 bits per heavy atom. The van der Waals surface area contributed by atoms with E-state index in [-0.39, 0.29) is 5.91 Å². The maximum absolute atomic E-state index is 12.7. The molecule has 1 fully saturated rings. The third-order valence-electron chi connectivity index (χ3n) is 4.19. The summed E-state index contributed by atoms with van der Waals surface area (Å²) in [6.07, 6.45) is 2.96. The van der Waals surface area contributed by atoms with Gasteiger partial charge in [-0.05, 0) is 57.5 Å². The molecule has 1 aromatic rings. The number of hydrogen-bond acceptors (Lipinski definition) is 3. The Kier molecular flexibility index (Phi) is 5.76. The van der Waals surface area contributed by atoms with Crippen LogP contribution in [0.5, 0.6) is 0 Å². The molecule has 1 saturated heterocycles. The second kappa shape index (κ2) is 7.57. The van der Waals surface area contributed by atoms with Gasteiger partial charge in [0.15, 0.2) is 0 Å². The Bertz CT molecular complexity index is 465. The van der Waals surface area contributed by atoms with Crippen molar-refractivity contribution in [2.24, 2.45) is 11.7 Å². The van der Waals surface area contributed by atoms with Crippen molar-refractivity contribution in [3.8, 4) is 0 Å². The molecule has 0 spiro atoms. The maximum Gasteiger partial charge on any atom is 0.254 e. The summed E-state index contributed by atoms with van der Waals surface area (Å²) in [6, 6.07) is 7.86. The van der Waals surface area contributed by atoms with E-state index in [4.69, 9.17) is 5.73 Å². The number of hydrogen-bond donors (Lipinski definition) is 1. The van der Waals surface area contributed by atoms with Gasteiger partial charge in [0.2, 0.25) is 0 Å². The first-order valence-electron chi connectivity index (χ1n) is 7.83. The van der Waals surface area contributed by atoms with E-state index in [0.717, 1.165) is 50.0 Å². The highest BCUT2D eigenvalue weighted by molar-refractivity contribution is 5.95. The first kappa shape index (κ1) is 16.0. The molecule has 1 aliphatic heterocycles. The van der Waals surface area contributed by atoms with Crippen molar-refractivity contribution in [2.45, 2.75) is 19.3 Å². The normalized spacial score (nSPS) is 16.5. The Balaban J connectivity index is 1.99. The summed E-state index contributed by atoms with van der Waals surface area (Å²) in [5.74, 6) is 0.880. The summed E-state index contributed by atoms with van der Waals surface area (Å²) >= 11 is 0. The van der Waals surface area contributed by atoms with Gasteiger partial charge in [-0.2, -0.15) is 0 Å². The van der Waals surface area contributed by atoms with Gasteiger partial charge >= 0.3 is 0 Å². The molecule has 0 radical (unpaired) electrons. The molecule has 0 saturated carbocycles. The lowest BCUT2D eigenvalue weighted by atomic mass is 9.95. The third kappa shape index (κ3) is 4.29. The number of benzene rings is 1. The highest BCUT2D eigenvalue weighted by Crippen LogP contribution is 2.21. The standard InChI is InChI=1S/C17H27N3O/c1-19(2)13-14-8-11-20(12-9-14)17(21)16-6-4-3-5-15(16)7-10-18/h3-6,14H,7-13,18H2,1-2H3. The van der Waals surface area contributed by atoms with E-state index in [1.165, 1.54) is 0 Å². The van der Waals surface area contributed by atoms with Gasteiger partial charge in [-0.25, -0.2) is 0 Å². The van der Waals surface area contributed by atoms with Crippen LogP contribution in [-0.2, 0) is 6.42 Å². The second-order valence-corrected chi connectivity index (χ2v) is 6.19. The first-order valence-corrected chi connectivity index (χ1v) is 7.83. The molecule has 4 nitrogen and oxygen atoms in total. The SMILES string of the molecule is CN(C)CC1CCN(C(=O)c2ccccc2CCN)CC1. The minimum Gasteiger partial charge on any atom is -0.339 e. The Morgan fingerprint density at radius 1 is 1.29 bits per heavy atom. The fourth-order valence-electron chi connectivity index (χ4n) is 3.11. The first-order chi connectivity index (χ1) is 10.1. The number of piperidine rings is 1.